The minimum absolute atomic E-state index is 0.101. The first-order chi connectivity index (χ1) is 7.99. The van der Waals surface area contributed by atoms with E-state index in [0.717, 1.165) is 12.8 Å². The van der Waals surface area contributed by atoms with Crippen molar-refractivity contribution in [3.63, 3.8) is 0 Å². The molecule has 1 atom stereocenters. The van der Waals surface area contributed by atoms with Crippen LogP contribution < -0.4 is 0 Å². The fraction of sp³-hybridized carbons (Fsp3) is 0.833. The molecule has 0 spiro atoms. The number of carbonyl (C=O) groups is 2. The first-order valence-electron chi connectivity index (χ1n) is 6.29. The molecule has 1 rings (SSSR count). The van der Waals surface area contributed by atoms with Gasteiger partial charge in [-0.05, 0) is 40.0 Å². The molecule has 0 saturated carbocycles. The maximum absolute atomic E-state index is 12.3. The van der Waals surface area contributed by atoms with Gasteiger partial charge < -0.3 is 14.9 Å². The van der Waals surface area contributed by atoms with Crippen LogP contribution in [0.15, 0.2) is 0 Å². The molecule has 2 amide bonds. The lowest BCUT2D eigenvalue weighted by Crippen LogP contribution is -2.54. The highest BCUT2D eigenvalue weighted by Crippen LogP contribution is 2.19. The third-order valence-corrected chi connectivity index (χ3v) is 3.24. The molecular weight excluding hydrogens is 220 g/mol. The molecule has 0 aliphatic carbocycles. The van der Waals surface area contributed by atoms with Gasteiger partial charge in [0, 0.05) is 19.1 Å². The molecule has 1 aliphatic heterocycles. The van der Waals surface area contributed by atoms with Crippen molar-refractivity contribution in [1.82, 2.24) is 9.80 Å². The van der Waals surface area contributed by atoms with E-state index in [0.29, 0.717) is 19.5 Å². The van der Waals surface area contributed by atoms with Crippen LogP contribution in [-0.2, 0) is 4.79 Å². The predicted octanol–water partition coefficient (Wildman–Crippen LogP) is 1.78. The molecule has 0 aromatic rings. The van der Waals surface area contributed by atoms with E-state index >= 15 is 0 Å². The molecule has 5 heteroatoms. The second-order valence-electron chi connectivity index (χ2n) is 4.71. The highest BCUT2D eigenvalue weighted by Gasteiger charge is 2.34. The molecule has 1 fully saturated rings. The summed E-state index contributed by atoms with van der Waals surface area (Å²) in [5.41, 5.74) is 0. The lowest BCUT2D eigenvalue weighted by atomic mass is 10.0. The monoisotopic (exact) mass is 242 g/mol. The Kier molecular flexibility index (Phi) is 4.78. The Balaban J connectivity index is 2.80. The van der Waals surface area contributed by atoms with Gasteiger partial charge in [-0.2, -0.15) is 0 Å². The lowest BCUT2D eigenvalue weighted by molar-refractivity contribution is -0.143. The van der Waals surface area contributed by atoms with E-state index in [1.807, 2.05) is 20.8 Å². The van der Waals surface area contributed by atoms with Gasteiger partial charge in [0.2, 0.25) is 0 Å². The summed E-state index contributed by atoms with van der Waals surface area (Å²) >= 11 is 0. The quantitative estimate of drug-likeness (QED) is 0.820. The van der Waals surface area contributed by atoms with Crippen molar-refractivity contribution < 1.29 is 14.7 Å². The largest absolute Gasteiger partial charge is 0.480 e. The van der Waals surface area contributed by atoms with Gasteiger partial charge in [-0.15, -0.1) is 0 Å². The van der Waals surface area contributed by atoms with Crippen LogP contribution in [0, 0.1) is 0 Å². The Bertz CT molecular complexity index is 291. The van der Waals surface area contributed by atoms with Crippen LogP contribution in [-0.4, -0.2) is 52.1 Å². The van der Waals surface area contributed by atoms with Gasteiger partial charge >= 0.3 is 12.0 Å². The van der Waals surface area contributed by atoms with Crippen molar-refractivity contribution in [2.45, 2.75) is 52.1 Å². The van der Waals surface area contributed by atoms with Gasteiger partial charge in [0.15, 0.2) is 0 Å². The van der Waals surface area contributed by atoms with E-state index in [1.54, 1.807) is 4.90 Å². The number of carboxylic acid groups (broad SMARTS) is 1. The first kappa shape index (κ1) is 13.8. The standard InChI is InChI=1S/C12H22N2O3/c1-4-13(9(2)3)12(17)14-8-6-5-7-10(14)11(15)16/h9-10H,4-8H2,1-3H3,(H,15,16). The molecule has 98 valence electrons. The second kappa shape index (κ2) is 5.89. The maximum Gasteiger partial charge on any atom is 0.326 e. The van der Waals surface area contributed by atoms with Gasteiger partial charge in [0.1, 0.15) is 6.04 Å². The summed E-state index contributed by atoms with van der Waals surface area (Å²) in [5, 5.41) is 9.14. The lowest BCUT2D eigenvalue weighted by Gasteiger charge is -2.38. The Morgan fingerprint density at radius 1 is 1.41 bits per heavy atom. The molecule has 0 aromatic heterocycles. The number of nitrogens with zero attached hydrogens (tertiary/aromatic N) is 2. The van der Waals surface area contributed by atoms with Gasteiger partial charge in [0.05, 0.1) is 0 Å². The van der Waals surface area contributed by atoms with Gasteiger partial charge in [0.25, 0.3) is 0 Å². The number of rotatable bonds is 3. The van der Waals surface area contributed by atoms with Crippen molar-refractivity contribution in [1.29, 1.82) is 0 Å². The minimum Gasteiger partial charge on any atom is -0.480 e. The third-order valence-electron chi connectivity index (χ3n) is 3.24. The third kappa shape index (κ3) is 3.11. The number of carboxylic acids is 1. The van der Waals surface area contributed by atoms with E-state index < -0.39 is 12.0 Å². The second-order valence-corrected chi connectivity index (χ2v) is 4.71. The average Bonchev–Trinajstić information content (AvgIpc) is 2.29. The van der Waals surface area contributed by atoms with Crippen LogP contribution >= 0.6 is 0 Å². The highest BCUT2D eigenvalue weighted by atomic mass is 16.4. The molecular formula is C12H22N2O3. The first-order valence-corrected chi connectivity index (χ1v) is 6.29. The Labute approximate surface area is 102 Å². The summed E-state index contributed by atoms with van der Waals surface area (Å²) in [4.78, 5) is 26.6. The van der Waals surface area contributed by atoms with Crippen LogP contribution in [0.2, 0.25) is 0 Å². The summed E-state index contributed by atoms with van der Waals surface area (Å²) < 4.78 is 0. The molecule has 0 bridgehead atoms. The zero-order valence-corrected chi connectivity index (χ0v) is 10.8. The van der Waals surface area contributed by atoms with Crippen LogP contribution in [0.1, 0.15) is 40.0 Å². The molecule has 1 unspecified atom stereocenters. The summed E-state index contributed by atoms with van der Waals surface area (Å²) in [6.45, 7) is 6.97. The minimum atomic E-state index is -0.891. The number of likely N-dealkylation sites (tertiary alicyclic amines) is 1. The van der Waals surface area contributed by atoms with Gasteiger partial charge in [-0.3, -0.25) is 0 Å². The van der Waals surface area contributed by atoms with Crippen LogP contribution in [0.25, 0.3) is 0 Å². The van der Waals surface area contributed by atoms with Crippen LogP contribution in [0.3, 0.4) is 0 Å². The number of aliphatic carboxylic acids is 1. The SMILES string of the molecule is CCN(C(=O)N1CCCCC1C(=O)O)C(C)C. The zero-order valence-electron chi connectivity index (χ0n) is 10.8. The average molecular weight is 242 g/mol. The normalized spacial score (nSPS) is 20.5. The van der Waals surface area contributed by atoms with Crippen molar-refractivity contribution in [3.8, 4) is 0 Å². The molecule has 1 heterocycles. The smallest absolute Gasteiger partial charge is 0.326 e. The maximum atomic E-state index is 12.3. The molecule has 0 radical (unpaired) electrons. The van der Waals surface area contributed by atoms with Crippen molar-refractivity contribution in [2.75, 3.05) is 13.1 Å². The van der Waals surface area contributed by atoms with E-state index in [1.165, 1.54) is 4.90 Å². The summed E-state index contributed by atoms with van der Waals surface area (Å²) in [5.74, 6) is -0.891. The van der Waals surface area contributed by atoms with Crippen molar-refractivity contribution >= 4 is 12.0 Å². The number of hydrogen-bond acceptors (Lipinski definition) is 2. The molecule has 5 nitrogen and oxygen atoms in total. The number of carbonyl (C=O) groups excluding carboxylic acids is 1. The molecule has 1 aliphatic rings. The van der Waals surface area contributed by atoms with Crippen LogP contribution in [0.4, 0.5) is 4.79 Å². The summed E-state index contributed by atoms with van der Waals surface area (Å²) in [6.07, 6.45) is 2.34. The summed E-state index contributed by atoms with van der Waals surface area (Å²) in [6, 6.07) is -0.692. The van der Waals surface area contributed by atoms with E-state index in [4.69, 9.17) is 5.11 Å². The molecule has 1 saturated heterocycles. The zero-order chi connectivity index (χ0) is 13.0. The van der Waals surface area contributed by atoms with Crippen molar-refractivity contribution in [3.05, 3.63) is 0 Å². The van der Waals surface area contributed by atoms with Crippen LogP contribution in [0.5, 0.6) is 0 Å². The molecule has 17 heavy (non-hydrogen) atoms. The van der Waals surface area contributed by atoms with Crippen molar-refractivity contribution in [2.24, 2.45) is 0 Å². The number of urea groups is 1. The number of amides is 2. The Hall–Kier alpha value is -1.26. The molecule has 1 N–H and O–H groups in total. The highest BCUT2D eigenvalue weighted by molar-refractivity contribution is 5.83. The Morgan fingerprint density at radius 3 is 2.53 bits per heavy atom. The van der Waals surface area contributed by atoms with Gasteiger partial charge in [-0.1, -0.05) is 0 Å². The predicted molar refractivity (Wildman–Crippen MR) is 64.9 cm³/mol. The molecule has 0 aromatic carbocycles. The van der Waals surface area contributed by atoms with E-state index in [-0.39, 0.29) is 12.1 Å². The van der Waals surface area contributed by atoms with E-state index in [2.05, 4.69) is 0 Å². The fourth-order valence-electron chi connectivity index (χ4n) is 2.30. The summed E-state index contributed by atoms with van der Waals surface area (Å²) in [7, 11) is 0. The van der Waals surface area contributed by atoms with E-state index in [9.17, 15) is 9.59 Å². The number of hydrogen-bond donors (Lipinski definition) is 1. The topological polar surface area (TPSA) is 60.9 Å². The fourth-order valence-corrected chi connectivity index (χ4v) is 2.30. The number of piperidine rings is 1. The van der Waals surface area contributed by atoms with Gasteiger partial charge in [-0.25, -0.2) is 9.59 Å². The Morgan fingerprint density at radius 2 is 2.06 bits per heavy atom.